The monoisotopic (exact) mass is 461 g/mol. The van der Waals surface area contributed by atoms with Gasteiger partial charge in [-0.15, -0.1) is 0 Å². The molecule has 4 nitrogen and oxygen atoms in total. The van der Waals surface area contributed by atoms with Crippen LogP contribution in [0, 0.1) is 0 Å². The van der Waals surface area contributed by atoms with Crippen LogP contribution in [0.25, 0.3) is 11.1 Å². The number of hydrogen-bond acceptors (Lipinski definition) is 2. The Labute approximate surface area is 174 Å². The summed E-state index contributed by atoms with van der Waals surface area (Å²) in [5.74, 6) is -0.112. The summed E-state index contributed by atoms with van der Waals surface area (Å²) >= 11 is 16.1. The number of carbonyl (C=O) groups excluding carboxylic acids is 1. The molecular formula is C20H14BrCl2N3O. The maximum atomic E-state index is 13.3. The minimum Gasteiger partial charge on any atom is -0.317 e. The second kappa shape index (κ2) is 5.84. The van der Waals surface area contributed by atoms with Gasteiger partial charge in [0.15, 0.2) is 10.4 Å². The zero-order valence-electron chi connectivity index (χ0n) is 14.5. The second-order valence-corrected chi connectivity index (χ2v) is 8.63. The number of imidazole rings is 1. The van der Waals surface area contributed by atoms with Gasteiger partial charge in [0.05, 0.1) is 11.4 Å². The van der Waals surface area contributed by atoms with Gasteiger partial charge in [-0.2, -0.15) is 0 Å². The van der Waals surface area contributed by atoms with Gasteiger partial charge in [-0.05, 0) is 65.2 Å². The number of benzene rings is 2. The van der Waals surface area contributed by atoms with Crippen molar-refractivity contribution in [3.05, 3.63) is 68.1 Å². The normalized spacial score (nSPS) is 17.0. The summed E-state index contributed by atoms with van der Waals surface area (Å²) in [6, 6.07) is 11.3. The molecule has 0 saturated heterocycles. The molecule has 0 aliphatic carbocycles. The van der Waals surface area contributed by atoms with Crippen molar-refractivity contribution in [2.45, 2.75) is 25.9 Å². The molecular weight excluding hydrogens is 449 g/mol. The van der Waals surface area contributed by atoms with E-state index >= 15 is 0 Å². The van der Waals surface area contributed by atoms with Gasteiger partial charge in [-0.25, -0.2) is 4.98 Å². The highest BCUT2D eigenvalue weighted by molar-refractivity contribution is 9.10. The lowest BCUT2D eigenvalue weighted by molar-refractivity contribution is 0.0989. The third-order valence-corrected chi connectivity index (χ3v) is 6.21. The standard InChI is InChI=1S/C20H14BrCl2N3O/c1-9(2)25-18-16(24-20(25)21)19(27)26-15-8-11(23)3-5-12(15)14-7-10(22)4-6-13(14)17(18)26/h3-9,17H,1-2H3. The summed E-state index contributed by atoms with van der Waals surface area (Å²) in [6.45, 7) is 4.16. The number of rotatable bonds is 1. The number of halogens is 3. The smallest absolute Gasteiger partial charge is 0.279 e. The predicted octanol–water partition coefficient (Wildman–Crippen LogP) is 6.26. The van der Waals surface area contributed by atoms with Crippen LogP contribution in [0.1, 0.15) is 47.7 Å². The lowest BCUT2D eigenvalue weighted by Gasteiger charge is -2.35. The molecule has 3 aromatic rings. The van der Waals surface area contributed by atoms with Crippen LogP contribution in [0.5, 0.6) is 0 Å². The summed E-state index contributed by atoms with van der Waals surface area (Å²) in [6.07, 6.45) is 0. The fourth-order valence-electron chi connectivity index (χ4n) is 4.15. The average molecular weight is 463 g/mol. The molecule has 1 aromatic heterocycles. The number of anilines is 1. The van der Waals surface area contributed by atoms with E-state index in [1.54, 1.807) is 4.90 Å². The van der Waals surface area contributed by atoms with Gasteiger partial charge in [-0.1, -0.05) is 35.3 Å². The van der Waals surface area contributed by atoms with E-state index in [2.05, 4.69) is 39.3 Å². The molecule has 5 rings (SSSR count). The van der Waals surface area contributed by atoms with Crippen molar-refractivity contribution in [1.29, 1.82) is 0 Å². The molecule has 7 heteroatoms. The van der Waals surface area contributed by atoms with Gasteiger partial charge in [-0.3, -0.25) is 9.69 Å². The van der Waals surface area contributed by atoms with E-state index in [1.165, 1.54) is 0 Å². The molecule has 2 aliphatic rings. The first kappa shape index (κ1) is 17.3. The van der Waals surface area contributed by atoms with E-state index in [9.17, 15) is 4.79 Å². The van der Waals surface area contributed by atoms with E-state index in [4.69, 9.17) is 23.2 Å². The van der Waals surface area contributed by atoms with Crippen LogP contribution < -0.4 is 4.90 Å². The molecule has 0 fully saturated rings. The average Bonchev–Trinajstić information content (AvgIpc) is 3.09. The molecule has 3 heterocycles. The van der Waals surface area contributed by atoms with Gasteiger partial charge in [0.1, 0.15) is 6.04 Å². The summed E-state index contributed by atoms with van der Waals surface area (Å²) in [4.78, 5) is 19.7. The zero-order valence-corrected chi connectivity index (χ0v) is 17.6. The number of nitrogens with zero attached hydrogens (tertiary/aromatic N) is 3. The van der Waals surface area contributed by atoms with Crippen LogP contribution in [-0.2, 0) is 0 Å². The Bertz CT molecular complexity index is 1140. The molecule has 2 aromatic carbocycles. The van der Waals surface area contributed by atoms with Gasteiger partial charge in [0.25, 0.3) is 5.91 Å². The first-order valence-electron chi connectivity index (χ1n) is 8.59. The highest BCUT2D eigenvalue weighted by atomic mass is 79.9. The summed E-state index contributed by atoms with van der Waals surface area (Å²) in [5.41, 5.74) is 5.17. The largest absolute Gasteiger partial charge is 0.317 e. The number of amides is 1. The minimum atomic E-state index is -0.257. The van der Waals surface area contributed by atoms with Gasteiger partial charge in [0.2, 0.25) is 0 Å². The van der Waals surface area contributed by atoms with Crippen LogP contribution in [0.15, 0.2) is 41.1 Å². The van der Waals surface area contributed by atoms with Crippen molar-refractivity contribution in [3.8, 4) is 11.1 Å². The predicted molar refractivity (Wildman–Crippen MR) is 111 cm³/mol. The van der Waals surface area contributed by atoms with Crippen LogP contribution in [0.4, 0.5) is 5.69 Å². The maximum Gasteiger partial charge on any atom is 0.279 e. The molecule has 2 aliphatic heterocycles. The molecule has 0 N–H and O–H groups in total. The Balaban J connectivity index is 1.88. The first-order chi connectivity index (χ1) is 12.9. The second-order valence-electron chi connectivity index (χ2n) is 7.05. The van der Waals surface area contributed by atoms with Crippen molar-refractivity contribution in [1.82, 2.24) is 9.55 Å². The summed E-state index contributed by atoms with van der Waals surface area (Å²) in [5, 5.41) is 1.24. The van der Waals surface area contributed by atoms with E-state index in [0.717, 1.165) is 28.1 Å². The van der Waals surface area contributed by atoms with Crippen LogP contribution in [0.3, 0.4) is 0 Å². The minimum absolute atomic E-state index is 0.112. The zero-order chi connectivity index (χ0) is 19.0. The lowest BCUT2D eigenvalue weighted by Crippen LogP contribution is -2.33. The van der Waals surface area contributed by atoms with Gasteiger partial charge >= 0.3 is 0 Å². The van der Waals surface area contributed by atoms with Crippen LogP contribution in [0.2, 0.25) is 10.0 Å². The Morgan fingerprint density at radius 2 is 1.78 bits per heavy atom. The van der Waals surface area contributed by atoms with Crippen molar-refractivity contribution in [3.63, 3.8) is 0 Å². The maximum absolute atomic E-state index is 13.3. The first-order valence-corrected chi connectivity index (χ1v) is 10.1. The van der Waals surface area contributed by atoms with Crippen LogP contribution in [-0.4, -0.2) is 15.5 Å². The Hall–Kier alpha value is -1.82. The fraction of sp³-hybridized carbons (Fsp3) is 0.200. The van der Waals surface area contributed by atoms with Crippen molar-refractivity contribution in [2.75, 3.05) is 4.90 Å². The molecule has 1 atom stereocenters. The third kappa shape index (κ3) is 2.28. The third-order valence-electron chi connectivity index (χ3n) is 5.18. The number of carbonyl (C=O) groups is 1. The Morgan fingerprint density at radius 3 is 2.52 bits per heavy atom. The van der Waals surface area contributed by atoms with E-state index in [0.29, 0.717) is 20.5 Å². The molecule has 0 spiro atoms. The molecule has 27 heavy (non-hydrogen) atoms. The molecule has 136 valence electrons. The molecule has 0 radical (unpaired) electrons. The molecule has 0 saturated carbocycles. The van der Waals surface area contributed by atoms with Gasteiger partial charge in [0, 0.05) is 21.7 Å². The van der Waals surface area contributed by atoms with Crippen molar-refractivity contribution >= 4 is 50.7 Å². The summed E-state index contributed by atoms with van der Waals surface area (Å²) in [7, 11) is 0. The molecule has 1 amide bonds. The van der Waals surface area contributed by atoms with Crippen LogP contribution >= 0.6 is 39.1 Å². The lowest BCUT2D eigenvalue weighted by atomic mass is 9.88. The Morgan fingerprint density at radius 1 is 1.07 bits per heavy atom. The number of fused-ring (bicyclic) bond motifs is 8. The number of hydrogen-bond donors (Lipinski definition) is 0. The fourth-order valence-corrected chi connectivity index (χ4v) is 5.26. The molecule has 1 unspecified atom stereocenters. The molecule has 0 bridgehead atoms. The SMILES string of the molecule is CC(C)n1c(Br)nc2c1C1c3ccc(Cl)cc3-c3ccc(Cl)cc3N1C2=O. The van der Waals surface area contributed by atoms with Gasteiger partial charge < -0.3 is 4.57 Å². The van der Waals surface area contributed by atoms with E-state index < -0.39 is 0 Å². The van der Waals surface area contributed by atoms with E-state index in [1.807, 2.05) is 36.4 Å². The Kier molecular flexibility index (Phi) is 3.74. The van der Waals surface area contributed by atoms with Crippen molar-refractivity contribution < 1.29 is 4.79 Å². The highest BCUT2D eigenvalue weighted by Crippen LogP contribution is 2.53. The number of aromatic nitrogens is 2. The summed E-state index contributed by atoms with van der Waals surface area (Å²) < 4.78 is 2.74. The quantitative estimate of drug-likeness (QED) is 0.427. The topological polar surface area (TPSA) is 38.1 Å². The van der Waals surface area contributed by atoms with E-state index in [-0.39, 0.29) is 18.0 Å². The van der Waals surface area contributed by atoms with Crippen molar-refractivity contribution in [2.24, 2.45) is 0 Å². The highest BCUT2D eigenvalue weighted by Gasteiger charge is 2.47.